The Morgan fingerprint density at radius 3 is 2.16 bits per heavy atom. The highest BCUT2D eigenvalue weighted by Crippen LogP contribution is 2.18. The first-order chi connectivity index (χ1) is 11.9. The molecule has 0 saturated carbocycles. The summed E-state index contributed by atoms with van der Waals surface area (Å²) in [6.45, 7) is 11.0. The van der Waals surface area contributed by atoms with Gasteiger partial charge in [0.15, 0.2) is 0 Å². The Bertz CT molecular complexity index is 476. The third kappa shape index (κ3) is 9.49. The van der Waals surface area contributed by atoms with E-state index in [9.17, 15) is 4.79 Å². The minimum absolute atomic E-state index is 0.0487. The average molecular weight is 349 g/mol. The molecule has 2 N–H and O–H groups in total. The van der Waals surface area contributed by atoms with Crippen molar-refractivity contribution in [2.45, 2.75) is 84.4 Å². The van der Waals surface area contributed by atoms with E-state index in [2.05, 4.69) is 36.6 Å². The highest BCUT2D eigenvalue weighted by molar-refractivity contribution is 5.68. The molecule has 0 spiro atoms. The van der Waals surface area contributed by atoms with Gasteiger partial charge in [-0.25, -0.2) is 4.79 Å². The first-order valence-electron chi connectivity index (χ1n) is 9.63. The van der Waals surface area contributed by atoms with Gasteiger partial charge >= 0.3 is 6.09 Å². The predicted octanol–water partition coefficient (Wildman–Crippen LogP) is 5.20. The van der Waals surface area contributed by atoms with Crippen LogP contribution >= 0.6 is 0 Å². The zero-order valence-electron chi connectivity index (χ0n) is 16.6. The molecule has 0 saturated heterocycles. The molecule has 4 heteroatoms. The van der Waals surface area contributed by atoms with Gasteiger partial charge in [0, 0.05) is 6.04 Å². The Kier molecular flexibility index (Phi) is 9.58. The fourth-order valence-electron chi connectivity index (χ4n) is 2.93. The summed E-state index contributed by atoms with van der Waals surface area (Å²) in [6.07, 6.45) is 5.26. The summed E-state index contributed by atoms with van der Waals surface area (Å²) in [5.41, 5.74) is 0.620. The van der Waals surface area contributed by atoms with Crippen molar-refractivity contribution >= 4 is 6.09 Å². The molecule has 0 aliphatic rings. The Hall–Kier alpha value is -1.55. The van der Waals surface area contributed by atoms with Crippen LogP contribution in [-0.4, -0.2) is 24.3 Å². The molecule has 0 radical (unpaired) electrons. The summed E-state index contributed by atoms with van der Waals surface area (Å²) in [6, 6.07) is 10.6. The van der Waals surface area contributed by atoms with Crippen molar-refractivity contribution in [2.75, 3.05) is 6.54 Å². The Morgan fingerprint density at radius 2 is 1.64 bits per heavy atom. The van der Waals surface area contributed by atoms with Crippen molar-refractivity contribution in [1.82, 2.24) is 10.6 Å². The van der Waals surface area contributed by atoms with Crippen LogP contribution in [0.4, 0.5) is 4.79 Å². The number of hydrogen-bond acceptors (Lipinski definition) is 3. The van der Waals surface area contributed by atoms with E-state index in [4.69, 9.17) is 4.74 Å². The molecule has 0 aliphatic heterocycles. The number of carbonyl (C=O) groups is 1. The second kappa shape index (κ2) is 11.1. The maximum Gasteiger partial charge on any atom is 0.408 e. The highest BCUT2D eigenvalue weighted by Gasteiger charge is 2.20. The van der Waals surface area contributed by atoms with Crippen molar-refractivity contribution in [3.8, 4) is 0 Å². The number of amides is 1. The van der Waals surface area contributed by atoms with Crippen molar-refractivity contribution in [1.29, 1.82) is 0 Å². The first-order valence-corrected chi connectivity index (χ1v) is 9.63. The molecule has 0 heterocycles. The molecule has 1 unspecified atom stereocenters. The number of alkyl carbamates (subject to hydrolysis) is 1. The summed E-state index contributed by atoms with van der Waals surface area (Å²) >= 11 is 0. The van der Waals surface area contributed by atoms with Gasteiger partial charge in [-0.2, -0.15) is 0 Å². The van der Waals surface area contributed by atoms with E-state index in [0.717, 1.165) is 18.5 Å². The van der Waals surface area contributed by atoms with E-state index in [1.165, 1.54) is 25.7 Å². The van der Waals surface area contributed by atoms with Crippen LogP contribution in [0, 0.1) is 0 Å². The fourth-order valence-corrected chi connectivity index (χ4v) is 2.93. The van der Waals surface area contributed by atoms with Gasteiger partial charge < -0.3 is 15.4 Å². The Labute approximate surface area is 153 Å². The van der Waals surface area contributed by atoms with Crippen LogP contribution in [0.5, 0.6) is 0 Å². The fraction of sp³-hybridized carbons (Fsp3) is 0.667. The largest absolute Gasteiger partial charge is 0.444 e. The van der Waals surface area contributed by atoms with Crippen LogP contribution in [0.25, 0.3) is 0 Å². The third-order valence-corrected chi connectivity index (χ3v) is 4.03. The number of nitrogens with one attached hydrogen (secondary N) is 2. The van der Waals surface area contributed by atoms with E-state index in [-0.39, 0.29) is 12.1 Å². The van der Waals surface area contributed by atoms with Crippen molar-refractivity contribution in [3.63, 3.8) is 0 Å². The molecule has 142 valence electrons. The average Bonchev–Trinajstić information content (AvgIpc) is 2.53. The van der Waals surface area contributed by atoms with E-state index in [0.29, 0.717) is 6.04 Å². The molecule has 0 aromatic heterocycles. The highest BCUT2D eigenvalue weighted by atomic mass is 16.6. The van der Waals surface area contributed by atoms with Gasteiger partial charge in [-0.05, 0) is 52.1 Å². The van der Waals surface area contributed by atoms with E-state index < -0.39 is 5.60 Å². The number of hydrogen-bond donors (Lipinski definition) is 2. The molecular weight excluding hydrogens is 312 g/mol. The SMILES string of the molecule is CCCC(CCC)NCCC(NC(=O)OC(C)(C)C)c1ccccc1. The van der Waals surface area contributed by atoms with Gasteiger partial charge in [0.25, 0.3) is 0 Å². The van der Waals surface area contributed by atoms with Crippen LogP contribution in [-0.2, 0) is 4.74 Å². The van der Waals surface area contributed by atoms with Gasteiger partial charge in [0.1, 0.15) is 5.60 Å². The van der Waals surface area contributed by atoms with Gasteiger partial charge in [-0.1, -0.05) is 57.0 Å². The van der Waals surface area contributed by atoms with Crippen LogP contribution in [0.3, 0.4) is 0 Å². The van der Waals surface area contributed by atoms with E-state index in [1.807, 2.05) is 39.0 Å². The number of carbonyl (C=O) groups excluding carboxylic acids is 1. The lowest BCUT2D eigenvalue weighted by Crippen LogP contribution is -2.37. The van der Waals surface area contributed by atoms with Crippen LogP contribution in [0.1, 0.15) is 78.3 Å². The second-order valence-electron chi connectivity index (χ2n) is 7.63. The topological polar surface area (TPSA) is 50.4 Å². The minimum Gasteiger partial charge on any atom is -0.444 e. The molecule has 1 aromatic carbocycles. The summed E-state index contributed by atoms with van der Waals surface area (Å²) in [4.78, 5) is 12.2. The Balaban J connectivity index is 2.64. The zero-order chi connectivity index (χ0) is 18.7. The molecule has 1 amide bonds. The van der Waals surface area contributed by atoms with Crippen LogP contribution in [0.2, 0.25) is 0 Å². The van der Waals surface area contributed by atoms with Gasteiger partial charge in [0.2, 0.25) is 0 Å². The summed E-state index contributed by atoms with van der Waals surface area (Å²) in [5, 5.41) is 6.68. The Morgan fingerprint density at radius 1 is 1.04 bits per heavy atom. The molecule has 0 fully saturated rings. The van der Waals surface area contributed by atoms with Gasteiger partial charge in [-0.3, -0.25) is 0 Å². The molecule has 1 aromatic rings. The minimum atomic E-state index is -0.489. The summed E-state index contributed by atoms with van der Waals surface area (Å²) in [5.74, 6) is 0. The molecule has 1 atom stereocenters. The number of ether oxygens (including phenoxy) is 1. The van der Waals surface area contributed by atoms with Crippen molar-refractivity contribution < 1.29 is 9.53 Å². The molecule has 1 rings (SSSR count). The molecule has 4 nitrogen and oxygen atoms in total. The number of benzene rings is 1. The van der Waals surface area contributed by atoms with Crippen LogP contribution in [0.15, 0.2) is 30.3 Å². The standard InChI is InChI=1S/C21H36N2O2/c1-6-11-18(12-7-2)22-16-15-19(17-13-9-8-10-14-17)23-20(24)25-21(3,4)5/h8-10,13-14,18-19,22H,6-7,11-12,15-16H2,1-5H3,(H,23,24). The normalized spacial score (nSPS) is 12.9. The van der Waals surface area contributed by atoms with Gasteiger partial charge in [0.05, 0.1) is 6.04 Å². The molecule has 25 heavy (non-hydrogen) atoms. The lowest BCUT2D eigenvalue weighted by molar-refractivity contribution is 0.0501. The predicted molar refractivity (Wildman–Crippen MR) is 105 cm³/mol. The monoisotopic (exact) mass is 348 g/mol. The quantitative estimate of drug-likeness (QED) is 0.611. The first kappa shape index (κ1) is 21.5. The summed E-state index contributed by atoms with van der Waals surface area (Å²) < 4.78 is 5.42. The van der Waals surface area contributed by atoms with E-state index in [1.54, 1.807) is 0 Å². The van der Waals surface area contributed by atoms with E-state index >= 15 is 0 Å². The molecule has 0 aliphatic carbocycles. The van der Waals surface area contributed by atoms with Crippen LogP contribution < -0.4 is 10.6 Å². The molecular formula is C21H36N2O2. The molecule has 0 bridgehead atoms. The lowest BCUT2D eigenvalue weighted by atomic mass is 10.0. The summed E-state index contributed by atoms with van der Waals surface area (Å²) in [7, 11) is 0. The van der Waals surface area contributed by atoms with Crippen molar-refractivity contribution in [2.24, 2.45) is 0 Å². The maximum absolute atomic E-state index is 12.2. The lowest BCUT2D eigenvalue weighted by Gasteiger charge is -2.25. The third-order valence-electron chi connectivity index (χ3n) is 4.03. The second-order valence-corrected chi connectivity index (χ2v) is 7.63. The van der Waals surface area contributed by atoms with Gasteiger partial charge in [-0.15, -0.1) is 0 Å². The van der Waals surface area contributed by atoms with Crippen molar-refractivity contribution in [3.05, 3.63) is 35.9 Å². The zero-order valence-corrected chi connectivity index (χ0v) is 16.6. The maximum atomic E-state index is 12.2. The smallest absolute Gasteiger partial charge is 0.408 e. The number of rotatable bonds is 10.